The molecule has 0 fully saturated rings. The van der Waals surface area contributed by atoms with Crippen LogP contribution in [0.15, 0.2) is 33.4 Å². The van der Waals surface area contributed by atoms with E-state index in [1.54, 1.807) is 30.0 Å². The maximum atomic E-state index is 13.0. The number of fused-ring (bicyclic) bond motifs is 1. The van der Waals surface area contributed by atoms with Gasteiger partial charge in [-0.1, -0.05) is 29.8 Å². The zero-order valence-corrected chi connectivity index (χ0v) is 16.7. The molecule has 2 aliphatic heterocycles. The van der Waals surface area contributed by atoms with Crippen LogP contribution in [0.3, 0.4) is 0 Å². The Balaban J connectivity index is 2.09. The number of benzene rings is 1. The van der Waals surface area contributed by atoms with Crippen LogP contribution in [0.5, 0.6) is 11.5 Å². The summed E-state index contributed by atoms with van der Waals surface area (Å²) < 4.78 is 16.4. The number of amides is 1. The number of hydrogen-bond acceptors (Lipinski definition) is 5. The van der Waals surface area contributed by atoms with Gasteiger partial charge in [-0.25, -0.2) is 4.79 Å². The van der Waals surface area contributed by atoms with E-state index in [2.05, 4.69) is 15.9 Å². The first-order chi connectivity index (χ1) is 12.3. The van der Waals surface area contributed by atoms with Crippen molar-refractivity contribution in [3.63, 3.8) is 0 Å². The predicted molar refractivity (Wildman–Crippen MR) is 99.5 cm³/mol. The van der Waals surface area contributed by atoms with E-state index in [1.807, 2.05) is 13.8 Å². The fourth-order valence-electron chi connectivity index (χ4n) is 3.01. The molecule has 0 bridgehead atoms. The number of hydrogen-bond donors (Lipinski definition) is 0. The van der Waals surface area contributed by atoms with Crippen LogP contribution in [0.25, 0.3) is 6.08 Å². The van der Waals surface area contributed by atoms with Crippen molar-refractivity contribution in [1.82, 2.24) is 4.90 Å². The summed E-state index contributed by atoms with van der Waals surface area (Å²) in [7, 11) is 1.31. The molecule has 0 aliphatic carbocycles. The quantitative estimate of drug-likeness (QED) is 0.549. The summed E-state index contributed by atoms with van der Waals surface area (Å²) in [6, 6.07) is 3.57. The molecule has 0 aromatic heterocycles. The molecule has 0 unspecified atom stereocenters. The Bertz CT molecular complexity index is 841. The van der Waals surface area contributed by atoms with E-state index in [1.165, 1.54) is 7.11 Å². The fourth-order valence-corrected chi connectivity index (χ4v) is 3.45. The lowest BCUT2D eigenvalue weighted by molar-refractivity contribution is -0.136. The van der Waals surface area contributed by atoms with Gasteiger partial charge in [-0.05, 0) is 36.6 Å². The summed E-state index contributed by atoms with van der Waals surface area (Å²) in [6.07, 6.45) is 1.68. The standard InChI is InChI=1S/C19H20BrNO5/c1-10(2)8-21-11(3)17(19(23)24-4)13(18(21)22)5-12-6-15-16(7-14(12)20)26-9-25-15/h5-7,10H,8-9H2,1-4H3/b13-5-. The Hall–Kier alpha value is -2.28. The van der Waals surface area contributed by atoms with Crippen molar-refractivity contribution in [2.45, 2.75) is 20.8 Å². The summed E-state index contributed by atoms with van der Waals surface area (Å²) in [5.41, 5.74) is 1.94. The number of methoxy groups -OCH3 is 1. The van der Waals surface area contributed by atoms with Crippen LogP contribution in [0.2, 0.25) is 0 Å². The molecule has 1 aromatic rings. The molecular weight excluding hydrogens is 402 g/mol. The molecule has 0 radical (unpaired) electrons. The van der Waals surface area contributed by atoms with Crippen molar-refractivity contribution < 1.29 is 23.8 Å². The molecular formula is C19H20BrNO5. The first-order valence-corrected chi connectivity index (χ1v) is 9.05. The monoisotopic (exact) mass is 421 g/mol. The molecule has 0 saturated heterocycles. The smallest absolute Gasteiger partial charge is 0.340 e. The van der Waals surface area contributed by atoms with Gasteiger partial charge in [0.05, 0.1) is 18.3 Å². The zero-order valence-electron chi connectivity index (χ0n) is 15.1. The largest absolute Gasteiger partial charge is 0.465 e. The van der Waals surface area contributed by atoms with Crippen LogP contribution < -0.4 is 9.47 Å². The van der Waals surface area contributed by atoms with Crippen molar-refractivity contribution in [3.8, 4) is 11.5 Å². The molecule has 0 atom stereocenters. The summed E-state index contributed by atoms with van der Waals surface area (Å²) >= 11 is 3.48. The molecule has 7 heteroatoms. The van der Waals surface area contributed by atoms with E-state index in [0.29, 0.717) is 34.9 Å². The van der Waals surface area contributed by atoms with Gasteiger partial charge >= 0.3 is 5.97 Å². The highest BCUT2D eigenvalue weighted by atomic mass is 79.9. The van der Waals surface area contributed by atoms with Gasteiger partial charge in [0.15, 0.2) is 11.5 Å². The molecule has 3 rings (SSSR count). The van der Waals surface area contributed by atoms with Crippen molar-refractivity contribution in [3.05, 3.63) is 39.0 Å². The maximum absolute atomic E-state index is 13.0. The highest BCUT2D eigenvalue weighted by molar-refractivity contribution is 9.10. The van der Waals surface area contributed by atoms with Gasteiger partial charge in [-0.2, -0.15) is 0 Å². The number of halogens is 1. The van der Waals surface area contributed by atoms with Gasteiger partial charge in [0.1, 0.15) is 0 Å². The lowest BCUT2D eigenvalue weighted by Crippen LogP contribution is -2.28. The Morgan fingerprint density at radius 2 is 2.00 bits per heavy atom. The van der Waals surface area contributed by atoms with Crippen LogP contribution >= 0.6 is 15.9 Å². The number of nitrogens with zero attached hydrogens (tertiary/aromatic N) is 1. The van der Waals surface area contributed by atoms with Gasteiger partial charge in [-0.3, -0.25) is 4.79 Å². The maximum Gasteiger partial charge on any atom is 0.340 e. The molecule has 6 nitrogen and oxygen atoms in total. The number of allylic oxidation sites excluding steroid dienone is 1. The van der Waals surface area contributed by atoms with E-state index in [0.717, 1.165) is 10.0 Å². The van der Waals surface area contributed by atoms with Crippen LogP contribution in [0.4, 0.5) is 0 Å². The minimum Gasteiger partial charge on any atom is -0.465 e. The lowest BCUT2D eigenvalue weighted by Gasteiger charge is -2.19. The summed E-state index contributed by atoms with van der Waals surface area (Å²) in [5.74, 6) is 0.777. The molecule has 0 spiro atoms. The number of carbonyl (C=O) groups is 2. The van der Waals surface area contributed by atoms with Crippen LogP contribution in [0, 0.1) is 5.92 Å². The molecule has 0 N–H and O–H groups in total. The third kappa shape index (κ3) is 3.23. The normalized spacial score (nSPS) is 17.7. The number of rotatable bonds is 4. The molecule has 1 aromatic carbocycles. The second-order valence-electron chi connectivity index (χ2n) is 6.55. The van der Waals surface area contributed by atoms with Crippen LogP contribution in [-0.2, 0) is 14.3 Å². The molecule has 138 valence electrons. The van der Waals surface area contributed by atoms with E-state index < -0.39 is 5.97 Å². The third-order valence-corrected chi connectivity index (χ3v) is 4.93. The van der Waals surface area contributed by atoms with Gasteiger partial charge in [0.2, 0.25) is 6.79 Å². The molecule has 2 aliphatic rings. The SMILES string of the molecule is COC(=O)C1=C(C)N(CC(C)C)C(=O)/C1=C\c1cc2c(cc1Br)OCO2. The van der Waals surface area contributed by atoms with Crippen LogP contribution in [-0.4, -0.2) is 37.2 Å². The highest BCUT2D eigenvalue weighted by Crippen LogP contribution is 2.39. The van der Waals surface area contributed by atoms with Gasteiger partial charge in [0, 0.05) is 16.7 Å². The summed E-state index contributed by atoms with van der Waals surface area (Å²) in [6.45, 7) is 6.51. The zero-order chi connectivity index (χ0) is 19.0. The molecule has 1 amide bonds. The van der Waals surface area contributed by atoms with E-state index >= 15 is 0 Å². The van der Waals surface area contributed by atoms with E-state index in [-0.39, 0.29) is 18.6 Å². The Labute approximate surface area is 160 Å². The lowest BCUT2D eigenvalue weighted by atomic mass is 10.0. The van der Waals surface area contributed by atoms with E-state index in [9.17, 15) is 9.59 Å². The second kappa shape index (κ2) is 7.15. The van der Waals surface area contributed by atoms with Crippen LogP contribution in [0.1, 0.15) is 26.3 Å². The van der Waals surface area contributed by atoms with Crippen molar-refractivity contribution in [1.29, 1.82) is 0 Å². The Morgan fingerprint density at radius 1 is 1.35 bits per heavy atom. The predicted octanol–water partition coefficient (Wildman–Crippen LogP) is 3.51. The topological polar surface area (TPSA) is 65.1 Å². The summed E-state index contributed by atoms with van der Waals surface area (Å²) in [4.78, 5) is 26.9. The van der Waals surface area contributed by atoms with Gasteiger partial charge < -0.3 is 19.1 Å². The minimum absolute atomic E-state index is 0.162. The second-order valence-corrected chi connectivity index (χ2v) is 7.40. The highest BCUT2D eigenvalue weighted by Gasteiger charge is 2.37. The Morgan fingerprint density at radius 3 is 2.62 bits per heavy atom. The number of esters is 1. The minimum atomic E-state index is -0.523. The third-order valence-electron chi connectivity index (χ3n) is 4.24. The first-order valence-electron chi connectivity index (χ1n) is 8.25. The molecule has 26 heavy (non-hydrogen) atoms. The summed E-state index contributed by atoms with van der Waals surface area (Å²) in [5, 5.41) is 0. The van der Waals surface area contributed by atoms with E-state index in [4.69, 9.17) is 14.2 Å². The average Bonchev–Trinajstić information content (AvgIpc) is 3.12. The van der Waals surface area contributed by atoms with Gasteiger partial charge in [0.25, 0.3) is 5.91 Å². The number of ether oxygens (including phenoxy) is 3. The molecule has 2 heterocycles. The Kier molecular flexibility index (Phi) is 5.09. The number of carbonyl (C=O) groups excluding carboxylic acids is 2. The van der Waals surface area contributed by atoms with Crippen molar-refractivity contribution in [2.75, 3.05) is 20.4 Å². The average molecular weight is 422 g/mol. The van der Waals surface area contributed by atoms with Gasteiger partial charge in [-0.15, -0.1) is 0 Å². The van der Waals surface area contributed by atoms with Crippen molar-refractivity contribution >= 4 is 33.9 Å². The van der Waals surface area contributed by atoms with Crippen molar-refractivity contribution in [2.24, 2.45) is 5.92 Å². The first kappa shape index (κ1) is 18.5. The fraction of sp³-hybridized carbons (Fsp3) is 0.368. The molecule has 0 saturated carbocycles.